The van der Waals surface area contributed by atoms with Crippen LogP contribution < -0.4 is 4.90 Å². The van der Waals surface area contributed by atoms with E-state index in [1.165, 1.54) is 0 Å². The van der Waals surface area contributed by atoms with Crippen LogP contribution in [0.5, 0.6) is 0 Å². The minimum Gasteiger partial charge on any atom is -0.444 e. The standard InChI is InChI=1S/C33H45N3O5S/c1-32(2,3)41-31(39)34(6)24-10-12-35(13-11-24)27(38)19-22-8-7-9-23(18-22)28-25-20-33(4,5)21-26(37)29(25)42-30(28)36-14-16-40-17-15-36/h7-9,18,24H,10-17,19-21H2,1-6H3. The molecule has 0 saturated carbocycles. The van der Waals surface area contributed by atoms with Crippen molar-refractivity contribution < 1.29 is 23.9 Å². The van der Waals surface area contributed by atoms with Gasteiger partial charge in [-0.2, -0.15) is 0 Å². The van der Waals surface area contributed by atoms with Crippen LogP contribution in [-0.2, 0) is 27.1 Å². The van der Waals surface area contributed by atoms with E-state index in [1.807, 2.05) is 37.8 Å². The number of likely N-dealkylation sites (tertiary alicyclic amines) is 1. The molecule has 3 aliphatic rings. The molecule has 2 saturated heterocycles. The number of hydrogen-bond acceptors (Lipinski definition) is 7. The summed E-state index contributed by atoms with van der Waals surface area (Å²) in [6.45, 7) is 14.2. The number of Topliss-reactive ketones (excluding diaryl/α,β-unsaturated/α-hetero) is 1. The van der Waals surface area contributed by atoms with E-state index in [4.69, 9.17) is 9.47 Å². The third-order valence-electron chi connectivity index (χ3n) is 8.45. The average molecular weight is 596 g/mol. The number of piperidine rings is 1. The van der Waals surface area contributed by atoms with Gasteiger partial charge in [0.05, 0.1) is 29.5 Å². The first-order valence-corrected chi connectivity index (χ1v) is 16.0. The van der Waals surface area contributed by atoms with Gasteiger partial charge in [0.2, 0.25) is 5.91 Å². The zero-order chi connectivity index (χ0) is 30.2. The monoisotopic (exact) mass is 595 g/mol. The number of carbonyl (C=O) groups is 3. The molecule has 1 aromatic heterocycles. The summed E-state index contributed by atoms with van der Waals surface area (Å²) >= 11 is 1.63. The second kappa shape index (κ2) is 12.0. The molecule has 0 atom stereocenters. The molecule has 42 heavy (non-hydrogen) atoms. The number of amides is 2. The minimum absolute atomic E-state index is 0.0579. The van der Waals surface area contributed by atoms with Gasteiger partial charge in [-0.15, -0.1) is 11.3 Å². The number of carbonyl (C=O) groups excluding carboxylic acids is 3. The third kappa shape index (κ3) is 6.83. The van der Waals surface area contributed by atoms with Crippen LogP contribution in [0.1, 0.15) is 74.7 Å². The molecular formula is C33H45N3O5S. The lowest BCUT2D eigenvalue weighted by molar-refractivity contribution is -0.131. The predicted molar refractivity (Wildman–Crippen MR) is 167 cm³/mol. The zero-order valence-electron chi connectivity index (χ0n) is 26.0. The second-order valence-electron chi connectivity index (χ2n) is 13.7. The highest BCUT2D eigenvalue weighted by Gasteiger charge is 2.37. The maximum atomic E-state index is 13.4. The fourth-order valence-electron chi connectivity index (χ4n) is 6.30. The van der Waals surface area contributed by atoms with Crippen molar-refractivity contribution in [3.63, 3.8) is 0 Å². The van der Waals surface area contributed by atoms with E-state index in [9.17, 15) is 14.4 Å². The predicted octanol–water partition coefficient (Wildman–Crippen LogP) is 5.81. The van der Waals surface area contributed by atoms with Crippen molar-refractivity contribution in [2.45, 2.75) is 78.4 Å². The highest BCUT2D eigenvalue weighted by atomic mass is 32.1. The summed E-state index contributed by atoms with van der Waals surface area (Å²) in [6, 6.07) is 8.36. The lowest BCUT2D eigenvalue weighted by Crippen LogP contribution is -2.48. The highest BCUT2D eigenvalue weighted by molar-refractivity contribution is 7.19. The van der Waals surface area contributed by atoms with Gasteiger partial charge in [0.1, 0.15) is 5.60 Å². The largest absolute Gasteiger partial charge is 0.444 e. The lowest BCUT2D eigenvalue weighted by atomic mass is 9.75. The second-order valence-corrected chi connectivity index (χ2v) is 14.7. The summed E-state index contributed by atoms with van der Waals surface area (Å²) in [5, 5.41) is 1.15. The molecule has 9 heteroatoms. The number of benzene rings is 1. The van der Waals surface area contributed by atoms with Crippen molar-refractivity contribution in [1.29, 1.82) is 0 Å². The first-order chi connectivity index (χ1) is 19.8. The Morgan fingerprint density at radius 2 is 1.79 bits per heavy atom. The summed E-state index contributed by atoms with van der Waals surface area (Å²) in [5.41, 5.74) is 3.73. The van der Waals surface area contributed by atoms with E-state index in [1.54, 1.807) is 23.3 Å². The van der Waals surface area contributed by atoms with Gasteiger partial charge in [-0.1, -0.05) is 38.1 Å². The molecule has 1 aliphatic carbocycles. The molecule has 2 amide bonds. The number of ketones is 1. The summed E-state index contributed by atoms with van der Waals surface area (Å²) < 4.78 is 11.1. The Labute approximate surface area is 253 Å². The SMILES string of the molecule is CN(C(=O)OC(C)(C)C)C1CCN(C(=O)Cc2cccc(-c3c(N4CCOCC4)sc4c3CC(C)(C)CC4=O)c2)CC1. The number of anilines is 1. The maximum absolute atomic E-state index is 13.4. The van der Waals surface area contributed by atoms with Crippen LogP contribution in [0.15, 0.2) is 24.3 Å². The molecule has 2 aliphatic heterocycles. The molecule has 5 rings (SSSR count). The fourth-order valence-corrected chi connectivity index (χ4v) is 7.63. The molecule has 0 bridgehead atoms. The van der Waals surface area contributed by atoms with Crippen molar-refractivity contribution in [1.82, 2.24) is 9.80 Å². The lowest BCUT2D eigenvalue weighted by Gasteiger charge is -2.37. The first-order valence-electron chi connectivity index (χ1n) is 15.2. The van der Waals surface area contributed by atoms with Crippen LogP contribution in [0.4, 0.5) is 9.80 Å². The van der Waals surface area contributed by atoms with Gasteiger partial charge in [0.25, 0.3) is 0 Å². The molecular weight excluding hydrogens is 550 g/mol. The minimum atomic E-state index is -0.534. The molecule has 1 aromatic carbocycles. The molecule has 228 valence electrons. The van der Waals surface area contributed by atoms with Crippen LogP contribution in [0.3, 0.4) is 0 Å². The van der Waals surface area contributed by atoms with Crippen molar-refractivity contribution in [3.05, 3.63) is 40.3 Å². The van der Waals surface area contributed by atoms with Crippen LogP contribution in [0, 0.1) is 5.41 Å². The molecule has 2 fully saturated rings. The normalized spacial score (nSPS) is 19.4. The Kier molecular flexibility index (Phi) is 8.72. The van der Waals surface area contributed by atoms with Crippen LogP contribution >= 0.6 is 11.3 Å². The van der Waals surface area contributed by atoms with E-state index in [0.717, 1.165) is 64.5 Å². The Morgan fingerprint density at radius 1 is 1.10 bits per heavy atom. The molecule has 0 unspecified atom stereocenters. The summed E-state index contributed by atoms with van der Waals surface area (Å²) in [4.78, 5) is 46.0. The van der Waals surface area contributed by atoms with Crippen molar-refractivity contribution >= 4 is 34.1 Å². The van der Waals surface area contributed by atoms with Crippen molar-refractivity contribution in [2.24, 2.45) is 5.41 Å². The van der Waals surface area contributed by atoms with Crippen molar-refractivity contribution in [3.8, 4) is 11.1 Å². The van der Waals surface area contributed by atoms with Crippen LogP contribution in [0.2, 0.25) is 0 Å². The molecule has 0 radical (unpaired) electrons. The average Bonchev–Trinajstić information content (AvgIpc) is 3.31. The third-order valence-corrected chi connectivity index (χ3v) is 9.79. The Balaban J connectivity index is 1.32. The number of hydrogen-bond donors (Lipinski definition) is 0. The van der Waals surface area contributed by atoms with Gasteiger partial charge in [-0.3, -0.25) is 9.59 Å². The summed E-state index contributed by atoms with van der Waals surface area (Å²) in [6.07, 6.45) is 2.90. The number of fused-ring (bicyclic) bond motifs is 1. The van der Waals surface area contributed by atoms with E-state index in [-0.39, 0.29) is 29.2 Å². The fraction of sp³-hybridized carbons (Fsp3) is 0.606. The van der Waals surface area contributed by atoms with Gasteiger partial charge in [-0.05, 0) is 62.1 Å². The highest BCUT2D eigenvalue weighted by Crippen LogP contribution is 2.49. The van der Waals surface area contributed by atoms with E-state index in [2.05, 4.69) is 30.9 Å². The van der Waals surface area contributed by atoms with Crippen molar-refractivity contribution in [2.75, 3.05) is 51.3 Å². The van der Waals surface area contributed by atoms with Gasteiger partial charge in [-0.25, -0.2) is 4.79 Å². The number of morpholine rings is 1. The van der Waals surface area contributed by atoms with Gasteiger partial charge < -0.3 is 24.2 Å². The topological polar surface area (TPSA) is 79.4 Å². The molecule has 3 heterocycles. The zero-order valence-corrected chi connectivity index (χ0v) is 26.8. The van der Waals surface area contributed by atoms with Gasteiger partial charge in [0, 0.05) is 51.3 Å². The molecule has 8 nitrogen and oxygen atoms in total. The van der Waals surface area contributed by atoms with E-state index in [0.29, 0.717) is 39.1 Å². The Bertz CT molecular complexity index is 1330. The number of rotatable bonds is 5. The van der Waals surface area contributed by atoms with Crippen LogP contribution in [0.25, 0.3) is 11.1 Å². The van der Waals surface area contributed by atoms with Gasteiger partial charge in [0.15, 0.2) is 5.78 Å². The quantitative estimate of drug-likeness (QED) is 0.434. The number of ether oxygens (including phenoxy) is 2. The first kappa shape index (κ1) is 30.5. The Hall–Kier alpha value is -2.91. The van der Waals surface area contributed by atoms with Crippen LogP contribution in [-0.4, -0.2) is 85.7 Å². The summed E-state index contributed by atoms with van der Waals surface area (Å²) in [7, 11) is 1.78. The number of thiophene rings is 1. The Morgan fingerprint density at radius 3 is 2.45 bits per heavy atom. The van der Waals surface area contributed by atoms with Gasteiger partial charge >= 0.3 is 6.09 Å². The molecule has 2 aromatic rings. The van der Waals surface area contributed by atoms with E-state index < -0.39 is 5.60 Å². The molecule has 0 spiro atoms. The summed E-state index contributed by atoms with van der Waals surface area (Å²) in [5.74, 6) is 0.335. The maximum Gasteiger partial charge on any atom is 0.410 e. The molecule has 0 N–H and O–H groups in total. The number of nitrogens with zero attached hydrogens (tertiary/aromatic N) is 3. The smallest absolute Gasteiger partial charge is 0.410 e. The van der Waals surface area contributed by atoms with E-state index >= 15 is 0 Å².